The van der Waals surface area contributed by atoms with Gasteiger partial charge < -0.3 is 20.4 Å². The van der Waals surface area contributed by atoms with Crippen molar-refractivity contribution >= 4 is 11.8 Å². The monoisotopic (exact) mass is 265 g/mol. The molecule has 2 heterocycles. The number of rotatable bonds is 4. The predicted octanol–water partition coefficient (Wildman–Crippen LogP) is 0.266. The molecule has 2 amide bonds. The van der Waals surface area contributed by atoms with E-state index in [1.54, 1.807) is 19.1 Å². The van der Waals surface area contributed by atoms with Crippen LogP contribution in [0.25, 0.3) is 0 Å². The molecule has 1 aliphatic rings. The van der Waals surface area contributed by atoms with Gasteiger partial charge in [-0.15, -0.1) is 0 Å². The summed E-state index contributed by atoms with van der Waals surface area (Å²) in [6, 6.07) is 2.75. The zero-order valence-corrected chi connectivity index (χ0v) is 10.9. The molecule has 1 aliphatic heterocycles. The van der Waals surface area contributed by atoms with E-state index in [4.69, 9.17) is 4.42 Å². The smallest absolute Gasteiger partial charge is 0.287 e. The van der Waals surface area contributed by atoms with Gasteiger partial charge in [0.15, 0.2) is 5.76 Å². The largest absolute Gasteiger partial charge is 0.459 e. The van der Waals surface area contributed by atoms with Gasteiger partial charge in [0.05, 0.1) is 6.26 Å². The minimum Gasteiger partial charge on any atom is -0.459 e. The fourth-order valence-electron chi connectivity index (χ4n) is 2.04. The molecule has 6 heteroatoms. The third-order valence-electron chi connectivity index (χ3n) is 3.13. The van der Waals surface area contributed by atoms with Crippen molar-refractivity contribution in [3.05, 3.63) is 24.2 Å². The van der Waals surface area contributed by atoms with Gasteiger partial charge in [-0.3, -0.25) is 9.59 Å². The maximum Gasteiger partial charge on any atom is 0.287 e. The van der Waals surface area contributed by atoms with E-state index in [1.165, 1.54) is 6.26 Å². The van der Waals surface area contributed by atoms with E-state index < -0.39 is 6.04 Å². The maximum absolute atomic E-state index is 11.9. The number of hydrogen-bond acceptors (Lipinski definition) is 4. The summed E-state index contributed by atoms with van der Waals surface area (Å²) in [5, 5.41) is 8.75. The van der Waals surface area contributed by atoms with Gasteiger partial charge in [-0.05, 0) is 38.4 Å². The summed E-state index contributed by atoms with van der Waals surface area (Å²) in [4.78, 5) is 23.6. The Hall–Kier alpha value is -1.82. The molecule has 1 fully saturated rings. The van der Waals surface area contributed by atoms with Crippen LogP contribution in [0.15, 0.2) is 22.8 Å². The second-order valence-electron chi connectivity index (χ2n) is 4.72. The molecule has 6 nitrogen and oxygen atoms in total. The van der Waals surface area contributed by atoms with Gasteiger partial charge in [-0.2, -0.15) is 0 Å². The number of amides is 2. The van der Waals surface area contributed by atoms with Gasteiger partial charge in [0.25, 0.3) is 5.91 Å². The van der Waals surface area contributed by atoms with Crippen molar-refractivity contribution in [2.24, 2.45) is 0 Å². The number of carbonyl (C=O) groups excluding carboxylic acids is 2. The third kappa shape index (κ3) is 3.82. The van der Waals surface area contributed by atoms with Crippen molar-refractivity contribution < 1.29 is 14.0 Å². The molecule has 104 valence electrons. The fraction of sp³-hybridized carbons (Fsp3) is 0.538. The molecule has 0 aromatic carbocycles. The van der Waals surface area contributed by atoms with Crippen molar-refractivity contribution in [3.63, 3.8) is 0 Å². The summed E-state index contributed by atoms with van der Waals surface area (Å²) < 4.78 is 4.97. The van der Waals surface area contributed by atoms with Crippen molar-refractivity contribution in [1.82, 2.24) is 16.0 Å². The molecule has 0 aliphatic carbocycles. The number of carbonyl (C=O) groups is 2. The lowest BCUT2D eigenvalue weighted by Crippen LogP contribution is -2.52. The first kappa shape index (κ1) is 13.6. The zero-order valence-electron chi connectivity index (χ0n) is 10.9. The number of hydrogen-bond donors (Lipinski definition) is 3. The Balaban J connectivity index is 1.80. The molecule has 2 atom stereocenters. The second kappa shape index (κ2) is 6.38. The minimum absolute atomic E-state index is 0.143. The highest BCUT2D eigenvalue weighted by molar-refractivity contribution is 5.95. The third-order valence-corrected chi connectivity index (χ3v) is 3.13. The first-order valence-electron chi connectivity index (χ1n) is 6.52. The van der Waals surface area contributed by atoms with Crippen LogP contribution in [0, 0.1) is 0 Å². The average molecular weight is 265 g/mol. The molecule has 0 radical (unpaired) electrons. The Morgan fingerprint density at radius 1 is 1.53 bits per heavy atom. The summed E-state index contributed by atoms with van der Waals surface area (Å²) >= 11 is 0. The van der Waals surface area contributed by atoms with Crippen molar-refractivity contribution in [2.75, 3.05) is 13.1 Å². The summed E-state index contributed by atoms with van der Waals surface area (Å²) in [6.45, 7) is 3.44. The lowest BCUT2D eigenvalue weighted by Gasteiger charge is -2.25. The van der Waals surface area contributed by atoms with Gasteiger partial charge >= 0.3 is 0 Å². The van der Waals surface area contributed by atoms with Gasteiger partial charge in [0.2, 0.25) is 5.91 Å². The van der Waals surface area contributed by atoms with Crippen LogP contribution in [0.1, 0.15) is 30.3 Å². The summed E-state index contributed by atoms with van der Waals surface area (Å²) in [5.41, 5.74) is 0. The topological polar surface area (TPSA) is 83.4 Å². The molecule has 0 saturated carbocycles. The normalized spacial score (nSPS) is 20.6. The molecule has 19 heavy (non-hydrogen) atoms. The summed E-state index contributed by atoms with van der Waals surface area (Å²) in [6.07, 6.45) is 3.45. The van der Waals surface area contributed by atoms with Gasteiger partial charge in [-0.1, -0.05) is 0 Å². The number of furan rings is 1. The highest BCUT2D eigenvalue weighted by Gasteiger charge is 2.21. The summed E-state index contributed by atoms with van der Waals surface area (Å²) in [5.74, 6) is -0.345. The molecular weight excluding hydrogens is 246 g/mol. The van der Waals surface area contributed by atoms with Crippen LogP contribution in [0.4, 0.5) is 0 Å². The lowest BCUT2D eigenvalue weighted by molar-refractivity contribution is -0.123. The van der Waals surface area contributed by atoms with Crippen LogP contribution in [0.5, 0.6) is 0 Å². The minimum atomic E-state index is -0.584. The van der Waals surface area contributed by atoms with E-state index in [1.807, 2.05) is 0 Å². The molecular formula is C13H19N3O3. The van der Waals surface area contributed by atoms with E-state index in [0.717, 1.165) is 25.9 Å². The quantitative estimate of drug-likeness (QED) is 0.729. The van der Waals surface area contributed by atoms with E-state index >= 15 is 0 Å². The standard InChI is InChI=1S/C13H19N3O3/c1-9(15-13(18)11-5-3-7-19-11)12(17)16-10-4-2-6-14-8-10/h3,5,7,9-10,14H,2,4,6,8H2,1H3,(H,15,18)(H,16,17)/t9?,10-/m0/s1. The highest BCUT2D eigenvalue weighted by atomic mass is 16.3. The predicted molar refractivity (Wildman–Crippen MR) is 69.7 cm³/mol. The Morgan fingerprint density at radius 2 is 2.37 bits per heavy atom. The first-order chi connectivity index (χ1) is 9.16. The van der Waals surface area contributed by atoms with Crippen LogP contribution in [0.3, 0.4) is 0 Å². The van der Waals surface area contributed by atoms with Crippen molar-refractivity contribution in [1.29, 1.82) is 0 Å². The van der Waals surface area contributed by atoms with Gasteiger partial charge in [0, 0.05) is 12.6 Å². The Labute approximate surface area is 111 Å². The van der Waals surface area contributed by atoms with Crippen molar-refractivity contribution in [3.8, 4) is 0 Å². The number of piperidine rings is 1. The maximum atomic E-state index is 11.9. The van der Waals surface area contributed by atoms with Crippen LogP contribution >= 0.6 is 0 Å². The van der Waals surface area contributed by atoms with E-state index in [2.05, 4.69) is 16.0 Å². The molecule has 1 aromatic rings. The van der Waals surface area contributed by atoms with Gasteiger partial charge in [-0.25, -0.2) is 0 Å². The Bertz CT molecular complexity index is 424. The lowest BCUT2D eigenvalue weighted by atomic mass is 10.1. The van der Waals surface area contributed by atoms with Crippen LogP contribution < -0.4 is 16.0 Å². The molecule has 1 saturated heterocycles. The van der Waals surface area contributed by atoms with Crippen molar-refractivity contribution in [2.45, 2.75) is 31.8 Å². The molecule has 1 unspecified atom stereocenters. The number of nitrogens with one attached hydrogen (secondary N) is 3. The van der Waals surface area contributed by atoms with Crippen LogP contribution in [-0.2, 0) is 4.79 Å². The van der Waals surface area contributed by atoms with E-state index in [-0.39, 0.29) is 23.6 Å². The second-order valence-corrected chi connectivity index (χ2v) is 4.72. The molecule has 1 aromatic heterocycles. The molecule has 0 spiro atoms. The Morgan fingerprint density at radius 3 is 3.00 bits per heavy atom. The van der Waals surface area contributed by atoms with Gasteiger partial charge in [0.1, 0.15) is 6.04 Å². The fourth-order valence-corrected chi connectivity index (χ4v) is 2.04. The molecule has 3 N–H and O–H groups in total. The zero-order chi connectivity index (χ0) is 13.7. The van der Waals surface area contributed by atoms with Crippen LogP contribution in [0.2, 0.25) is 0 Å². The highest BCUT2D eigenvalue weighted by Crippen LogP contribution is 2.03. The molecule has 0 bridgehead atoms. The Kier molecular flexibility index (Phi) is 4.57. The van der Waals surface area contributed by atoms with Crippen LogP contribution in [-0.4, -0.2) is 37.0 Å². The SMILES string of the molecule is CC(NC(=O)c1ccco1)C(=O)N[C@H]1CCCNC1. The first-order valence-corrected chi connectivity index (χ1v) is 6.52. The summed E-state index contributed by atoms with van der Waals surface area (Å²) in [7, 11) is 0. The van der Waals surface area contributed by atoms with E-state index in [0.29, 0.717) is 0 Å². The average Bonchev–Trinajstić information content (AvgIpc) is 2.93. The molecule has 2 rings (SSSR count). The van der Waals surface area contributed by atoms with E-state index in [9.17, 15) is 9.59 Å².